The summed E-state index contributed by atoms with van der Waals surface area (Å²) in [6.07, 6.45) is 1.06. The second kappa shape index (κ2) is 6.29. The summed E-state index contributed by atoms with van der Waals surface area (Å²) >= 11 is 6.30. The fraction of sp³-hybridized carbons (Fsp3) is 0.294. The van der Waals surface area contributed by atoms with Crippen molar-refractivity contribution in [2.75, 3.05) is 24.5 Å². The third-order valence-corrected chi connectivity index (χ3v) is 4.09. The molecule has 3 rings (SSSR count). The van der Waals surface area contributed by atoms with Gasteiger partial charge in [-0.2, -0.15) is 0 Å². The molecule has 2 aromatic rings. The summed E-state index contributed by atoms with van der Waals surface area (Å²) < 4.78 is 0. The average Bonchev–Trinajstić information content (AvgIpc) is 2.49. The molecule has 2 nitrogen and oxygen atoms in total. The Morgan fingerprint density at radius 3 is 2.60 bits per heavy atom. The zero-order chi connectivity index (χ0) is 13.8. The number of halogens is 1. The lowest BCUT2D eigenvalue weighted by atomic mass is 10.0. The van der Waals surface area contributed by atoms with E-state index in [1.54, 1.807) is 0 Å². The average molecular weight is 287 g/mol. The van der Waals surface area contributed by atoms with Gasteiger partial charge in [-0.15, -0.1) is 0 Å². The van der Waals surface area contributed by atoms with E-state index < -0.39 is 0 Å². The monoisotopic (exact) mass is 286 g/mol. The standard InChI is InChI=1S/C17H19ClN2/c18-16-8-4-5-9-17(16)20-11-10-19-15(13-20)12-14-6-2-1-3-7-14/h1-9,15,19H,10-13H2. The molecule has 1 saturated heterocycles. The lowest BCUT2D eigenvalue weighted by Gasteiger charge is -2.35. The zero-order valence-corrected chi connectivity index (χ0v) is 12.2. The molecule has 1 heterocycles. The van der Waals surface area contributed by atoms with Crippen LogP contribution in [0.2, 0.25) is 5.02 Å². The van der Waals surface area contributed by atoms with Crippen molar-refractivity contribution < 1.29 is 0 Å². The van der Waals surface area contributed by atoms with Gasteiger partial charge in [-0.25, -0.2) is 0 Å². The summed E-state index contributed by atoms with van der Waals surface area (Å²) in [4.78, 5) is 2.38. The van der Waals surface area contributed by atoms with Crippen LogP contribution in [0.1, 0.15) is 5.56 Å². The minimum absolute atomic E-state index is 0.474. The molecule has 1 atom stereocenters. The highest BCUT2D eigenvalue weighted by atomic mass is 35.5. The minimum atomic E-state index is 0.474. The number of nitrogens with one attached hydrogen (secondary N) is 1. The molecular formula is C17H19ClN2. The van der Waals surface area contributed by atoms with Crippen molar-refractivity contribution in [2.24, 2.45) is 0 Å². The number of nitrogens with zero attached hydrogens (tertiary/aromatic N) is 1. The van der Waals surface area contributed by atoms with Gasteiger partial charge in [0.15, 0.2) is 0 Å². The largest absolute Gasteiger partial charge is 0.367 e. The molecule has 0 saturated carbocycles. The van der Waals surface area contributed by atoms with E-state index in [1.165, 1.54) is 5.56 Å². The lowest BCUT2D eigenvalue weighted by Crippen LogP contribution is -2.51. The summed E-state index contributed by atoms with van der Waals surface area (Å²) in [6, 6.07) is 19.2. The predicted octanol–water partition coefficient (Wildman–Crippen LogP) is 3.36. The van der Waals surface area contributed by atoms with Crippen molar-refractivity contribution in [1.29, 1.82) is 0 Å². The molecule has 1 fully saturated rings. The number of rotatable bonds is 3. The van der Waals surface area contributed by atoms with Gasteiger partial charge in [0.05, 0.1) is 10.7 Å². The first-order valence-electron chi connectivity index (χ1n) is 7.10. The Labute approximate surface area is 125 Å². The highest BCUT2D eigenvalue weighted by Crippen LogP contribution is 2.26. The van der Waals surface area contributed by atoms with Crippen LogP contribution in [0.25, 0.3) is 0 Å². The van der Waals surface area contributed by atoms with Crippen molar-refractivity contribution in [2.45, 2.75) is 12.5 Å². The number of para-hydroxylation sites is 1. The van der Waals surface area contributed by atoms with Gasteiger partial charge in [0.25, 0.3) is 0 Å². The molecule has 3 heteroatoms. The van der Waals surface area contributed by atoms with Crippen LogP contribution in [0.3, 0.4) is 0 Å². The van der Waals surface area contributed by atoms with E-state index in [-0.39, 0.29) is 0 Å². The SMILES string of the molecule is Clc1ccccc1N1CCNC(Cc2ccccc2)C1. The van der Waals surface area contributed by atoms with Gasteiger partial charge in [0.2, 0.25) is 0 Å². The highest BCUT2D eigenvalue weighted by molar-refractivity contribution is 6.33. The Morgan fingerprint density at radius 2 is 1.80 bits per heavy atom. The van der Waals surface area contributed by atoms with Gasteiger partial charge in [-0.05, 0) is 24.1 Å². The van der Waals surface area contributed by atoms with Gasteiger partial charge >= 0.3 is 0 Å². The molecule has 1 N–H and O–H groups in total. The smallest absolute Gasteiger partial charge is 0.0639 e. The number of benzene rings is 2. The predicted molar refractivity (Wildman–Crippen MR) is 85.6 cm³/mol. The van der Waals surface area contributed by atoms with Gasteiger partial charge in [0.1, 0.15) is 0 Å². The summed E-state index contributed by atoms with van der Waals surface area (Å²) in [5.41, 5.74) is 2.53. The molecule has 0 aliphatic carbocycles. The molecule has 0 bridgehead atoms. The zero-order valence-electron chi connectivity index (χ0n) is 11.4. The van der Waals surface area contributed by atoms with E-state index in [1.807, 2.05) is 12.1 Å². The van der Waals surface area contributed by atoms with Crippen LogP contribution < -0.4 is 10.2 Å². The molecular weight excluding hydrogens is 268 g/mol. The van der Waals surface area contributed by atoms with Crippen LogP contribution >= 0.6 is 11.6 Å². The minimum Gasteiger partial charge on any atom is -0.367 e. The van der Waals surface area contributed by atoms with E-state index in [0.717, 1.165) is 36.8 Å². The molecule has 20 heavy (non-hydrogen) atoms. The Kier molecular flexibility index (Phi) is 4.24. The van der Waals surface area contributed by atoms with Crippen LogP contribution in [0.15, 0.2) is 54.6 Å². The van der Waals surface area contributed by atoms with Gasteiger partial charge < -0.3 is 10.2 Å². The third-order valence-electron chi connectivity index (χ3n) is 3.77. The quantitative estimate of drug-likeness (QED) is 0.931. The number of hydrogen-bond donors (Lipinski definition) is 1. The van der Waals surface area contributed by atoms with E-state index in [0.29, 0.717) is 6.04 Å². The first-order chi connectivity index (χ1) is 9.83. The topological polar surface area (TPSA) is 15.3 Å². The van der Waals surface area contributed by atoms with Crippen LogP contribution in [0.4, 0.5) is 5.69 Å². The van der Waals surface area contributed by atoms with Gasteiger partial charge in [-0.1, -0.05) is 54.1 Å². The Morgan fingerprint density at radius 1 is 1.05 bits per heavy atom. The Balaban J connectivity index is 1.69. The first kappa shape index (κ1) is 13.5. The lowest BCUT2D eigenvalue weighted by molar-refractivity contribution is 0.455. The molecule has 0 aromatic heterocycles. The molecule has 0 radical (unpaired) electrons. The van der Waals surface area contributed by atoms with E-state index in [4.69, 9.17) is 11.6 Å². The molecule has 1 unspecified atom stereocenters. The molecule has 1 aliphatic heterocycles. The molecule has 2 aromatic carbocycles. The molecule has 1 aliphatic rings. The van der Waals surface area contributed by atoms with Crippen LogP contribution in [0, 0.1) is 0 Å². The summed E-state index contributed by atoms with van der Waals surface area (Å²) in [7, 11) is 0. The van der Waals surface area contributed by atoms with E-state index in [2.05, 4.69) is 52.7 Å². The Bertz CT molecular complexity index is 556. The maximum absolute atomic E-state index is 6.30. The molecule has 0 spiro atoms. The normalized spacial score (nSPS) is 19.1. The second-order valence-corrected chi connectivity index (χ2v) is 5.65. The summed E-state index contributed by atoms with van der Waals surface area (Å²) in [5, 5.41) is 4.44. The van der Waals surface area contributed by atoms with Gasteiger partial charge in [-0.3, -0.25) is 0 Å². The van der Waals surface area contributed by atoms with Crippen LogP contribution in [0.5, 0.6) is 0 Å². The number of anilines is 1. The number of hydrogen-bond acceptors (Lipinski definition) is 2. The second-order valence-electron chi connectivity index (χ2n) is 5.24. The van der Waals surface area contributed by atoms with Crippen molar-refractivity contribution in [3.8, 4) is 0 Å². The highest BCUT2D eigenvalue weighted by Gasteiger charge is 2.20. The van der Waals surface area contributed by atoms with Crippen molar-refractivity contribution >= 4 is 17.3 Å². The van der Waals surface area contributed by atoms with Crippen LogP contribution in [-0.4, -0.2) is 25.7 Å². The first-order valence-corrected chi connectivity index (χ1v) is 7.47. The van der Waals surface area contributed by atoms with Gasteiger partial charge in [0, 0.05) is 25.7 Å². The van der Waals surface area contributed by atoms with Crippen molar-refractivity contribution in [3.05, 3.63) is 65.2 Å². The summed E-state index contributed by atoms with van der Waals surface area (Å²) in [6.45, 7) is 3.01. The molecule has 0 amide bonds. The summed E-state index contributed by atoms with van der Waals surface area (Å²) in [5.74, 6) is 0. The van der Waals surface area contributed by atoms with Crippen molar-refractivity contribution in [3.63, 3.8) is 0 Å². The Hall–Kier alpha value is -1.51. The van der Waals surface area contributed by atoms with Crippen LogP contribution in [-0.2, 0) is 6.42 Å². The third kappa shape index (κ3) is 3.14. The maximum atomic E-state index is 6.30. The fourth-order valence-electron chi connectivity index (χ4n) is 2.79. The maximum Gasteiger partial charge on any atom is 0.0639 e. The van der Waals surface area contributed by atoms with E-state index in [9.17, 15) is 0 Å². The van der Waals surface area contributed by atoms with E-state index >= 15 is 0 Å². The number of piperazine rings is 1. The fourth-order valence-corrected chi connectivity index (χ4v) is 3.04. The molecule has 104 valence electrons. The van der Waals surface area contributed by atoms with Crippen molar-refractivity contribution in [1.82, 2.24) is 5.32 Å².